The Bertz CT molecular complexity index is 1230. The molecule has 0 saturated carbocycles. The van der Waals surface area contributed by atoms with Gasteiger partial charge in [-0.1, -0.05) is 64.1 Å². The van der Waals surface area contributed by atoms with Crippen molar-refractivity contribution in [3.8, 4) is 0 Å². The highest BCUT2D eigenvalue weighted by atomic mass is 35.5. The molecular weight excluding hydrogens is 557 g/mol. The third-order valence-corrected chi connectivity index (χ3v) is 5.80. The predicted octanol–water partition coefficient (Wildman–Crippen LogP) is 8.83. The van der Waals surface area contributed by atoms with E-state index in [-0.39, 0.29) is 27.9 Å². The second kappa shape index (κ2) is 11.6. The Labute approximate surface area is 217 Å². The van der Waals surface area contributed by atoms with Crippen molar-refractivity contribution in [2.75, 3.05) is 0 Å². The molecule has 0 aliphatic rings. The summed E-state index contributed by atoms with van der Waals surface area (Å²) in [5.41, 5.74) is 2.72. The summed E-state index contributed by atoms with van der Waals surface area (Å²) in [4.78, 5) is 13.5. The topological polar surface area (TPSA) is 46.5 Å². The third-order valence-electron chi connectivity index (χ3n) is 4.27. The molecule has 0 aliphatic carbocycles. The minimum Gasteiger partial charge on any atom is -0.273 e. The van der Waals surface area contributed by atoms with E-state index < -0.39 is 11.7 Å². The van der Waals surface area contributed by atoms with Crippen LogP contribution in [0.3, 0.4) is 0 Å². The van der Waals surface area contributed by atoms with Crippen LogP contribution in [0.1, 0.15) is 16.8 Å². The number of pyridine rings is 1. The van der Waals surface area contributed by atoms with Gasteiger partial charge in [-0.25, -0.2) is 0 Å². The SMILES string of the molecule is FC(F)(F)c1cnc(/C(C=Nc2ccc(Cl)cc2Cl)=C/NOCc2c(Cl)cccc2Cl)c(Cl)c1. The molecular formula is C22H13Cl5F3N3O. The van der Waals surface area contributed by atoms with Crippen LogP contribution in [0.15, 0.2) is 59.9 Å². The fourth-order valence-electron chi connectivity index (χ4n) is 2.59. The lowest BCUT2D eigenvalue weighted by Crippen LogP contribution is -2.10. The van der Waals surface area contributed by atoms with Gasteiger partial charge < -0.3 is 0 Å². The number of hydrogen-bond acceptors (Lipinski definition) is 4. The van der Waals surface area contributed by atoms with Crippen LogP contribution in [0.2, 0.25) is 25.1 Å². The highest BCUT2D eigenvalue weighted by Crippen LogP contribution is 2.33. The maximum Gasteiger partial charge on any atom is 0.417 e. The minimum absolute atomic E-state index is 0.00336. The standard InChI is InChI=1S/C22H13Cl5F3N3O/c23-14-4-5-20(18(26)7-14)31-8-12(21-19(27)6-13(10-32-21)22(28,29)30)9-33-34-11-15-16(24)2-1-3-17(15)25/h1-10,33H,11H2/b12-9+,31-8?. The molecule has 12 heteroatoms. The summed E-state index contributed by atoms with van der Waals surface area (Å²) in [5, 5.41) is 1.26. The first-order chi connectivity index (χ1) is 16.1. The van der Waals surface area contributed by atoms with Gasteiger partial charge in [0.1, 0.15) is 6.61 Å². The molecule has 3 aromatic rings. The lowest BCUT2D eigenvalue weighted by Gasteiger charge is -2.11. The van der Waals surface area contributed by atoms with Gasteiger partial charge in [0.25, 0.3) is 0 Å². The Kier molecular flexibility index (Phi) is 9.09. The summed E-state index contributed by atoms with van der Waals surface area (Å²) >= 11 is 30.4. The molecule has 4 nitrogen and oxygen atoms in total. The molecule has 2 aromatic carbocycles. The molecule has 1 heterocycles. The molecule has 34 heavy (non-hydrogen) atoms. The average molecular weight is 570 g/mol. The maximum atomic E-state index is 13.0. The van der Waals surface area contributed by atoms with E-state index in [0.29, 0.717) is 32.5 Å². The van der Waals surface area contributed by atoms with Crippen LogP contribution in [0.5, 0.6) is 0 Å². The van der Waals surface area contributed by atoms with E-state index in [1.165, 1.54) is 18.5 Å². The number of halogens is 8. The summed E-state index contributed by atoms with van der Waals surface area (Å²) in [7, 11) is 0. The molecule has 0 spiro atoms. The second-order valence-electron chi connectivity index (χ2n) is 6.61. The number of rotatable bonds is 7. The summed E-state index contributed by atoms with van der Waals surface area (Å²) in [5.74, 6) is 0. The third kappa shape index (κ3) is 7.01. The van der Waals surface area contributed by atoms with Gasteiger partial charge >= 0.3 is 6.18 Å². The molecule has 1 N–H and O–H groups in total. The zero-order valence-electron chi connectivity index (χ0n) is 16.8. The van der Waals surface area contributed by atoms with Crippen molar-refractivity contribution in [3.63, 3.8) is 0 Å². The van der Waals surface area contributed by atoms with E-state index in [2.05, 4.69) is 15.5 Å². The van der Waals surface area contributed by atoms with Gasteiger partial charge in [-0.05, 0) is 36.4 Å². The molecule has 0 radical (unpaired) electrons. The number of alkyl halides is 3. The van der Waals surface area contributed by atoms with Crippen molar-refractivity contribution in [2.24, 2.45) is 4.99 Å². The Balaban J connectivity index is 1.89. The van der Waals surface area contributed by atoms with Crippen molar-refractivity contribution in [2.45, 2.75) is 12.8 Å². The number of allylic oxidation sites excluding steroid dienone is 1. The van der Waals surface area contributed by atoms with Crippen LogP contribution in [0, 0.1) is 0 Å². The highest BCUT2D eigenvalue weighted by molar-refractivity contribution is 6.37. The lowest BCUT2D eigenvalue weighted by molar-refractivity contribution is -0.137. The Morgan fingerprint density at radius 1 is 0.971 bits per heavy atom. The van der Waals surface area contributed by atoms with E-state index in [1.54, 1.807) is 30.3 Å². The van der Waals surface area contributed by atoms with Gasteiger partial charge in [0.05, 0.1) is 27.0 Å². The summed E-state index contributed by atoms with van der Waals surface area (Å²) < 4.78 is 39.0. The fourth-order valence-corrected chi connectivity index (χ4v) is 3.83. The Morgan fingerprint density at radius 2 is 1.68 bits per heavy atom. The molecule has 0 saturated heterocycles. The predicted molar refractivity (Wildman–Crippen MR) is 131 cm³/mol. The first kappa shape index (κ1) is 26.6. The van der Waals surface area contributed by atoms with E-state index in [1.807, 2.05) is 0 Å². The monoisotopic (exact) mass is 567 g/mol. The van der Waals surface area contributed by atoms with Crippen molar-refractivity contribution in [1.29, 1.82) is 0 Å². The molecule has 3 rings (SSSR count). The average Bonchev–Trinajstić information content (AvgIpc) is 2.75. The largest absolute Gasteiger partial charge is 0.417 e. The molecule has 178 valence electrons. The van der Waals surface area contributed by atoms with E-state index >= 15 is 0 Å². The number of benzene rings is 2. The molecule has 0 atom stereocenters. The van der Waals surface area contributed by atoms with Gasteiger partial charge in [0, 0.05) is 44.8 Å². The van der Waals surface area contributed by atoms with Crippen LogP contribution in [0.25, 0.3) is 5.57 Å². The molecule has 0 amide bonds. The minimum atomic E-state index is -4.60. The van der Waals surface area contributed by atoms with Gasteiger partial charge in [0.15, 0.2) is 0 Å². The number of aromatic nitrogens is 1. The molecule has 0 aliphatic heterocycles. The molecule has 0 unspecified atom stereocenters. The number of hydroxylamine groups is 1. The summed E-state index contributed by atoms with van der Waals surface area (Å²) in [6, 6.07) is 10.4. The fraction of sp³-hybridized carbons (Fsp3) is 0.0909. The smallest absolute Gasteiger partial charge is 0.273 e. The van der Waals surface area contributed by atoms with Crippen LogP contribution in [0.4, 0.5) is 18.9 Å². The number of aliphatic imine (C=N–C) groups is 1. The second-order valence-corrected chi connectivity index (χ2v) is 8.68. The zero-order valence-corrected chi connectivity index (χ0v) is 20.6. The van der Waals surface area contributed by atoms with Crippen molar-refractivity contribution < 1.29 is 18.0 Å². The molecule has 0 bridgehead atoms. The quantitative estimate of drug-likeness (QED) is 0.176. The number of hydrogen-bond donors (Lipinski definition) is 1. The Morgan fingerprint density at radius 3 is 2.29 bits per heavy atom. The zero-order chi connectivity index (χ0) is 24.9. The van der Waals surface area contributed by atoms with Crippen LogP contribution < -0.4 is 5.48 Å². The highest BCUT2D eigenvalue weighted by Gasteiger charge is 2.31. The van der Waals surface area contributed by atoms with Crippen molar-refractivity contribution >= 4 is 75.5 Å². The maximum absolute atomic E-state index is 13.0. The van der Waals surface area contributed by atoms with Gasteiger partial charge in [-0.3, -0.25) is 20.3 Å². The van der Waals surface area contributed by atoms with Crippen LogP contribution in [-0.2, 0) is 17.6 Å². The van der Waals surface area contributed by atoms with Gasteiger partial charge in [-0.15, -0.1) is 0 Å². The number of nitrogens with zero attached hydrogens (tertiary/aromatic N) is 2. The van der Waals surface area contributed by atoms with E-state index in [4.69, 9.17) is 62.8 Å². The van der Waals surface area contributed by atoms with Crippen LogP contribution >= 0.6 is 58.0 Å². The number of nitrogens with one attached hydrogen (secondary N) is 1. The van der Waals surface area contributed by atoms with Crippen molar-refractivity contribution in [3.05, 3.63) is 96.8 Å². The molecule has 0 fully saturated rings. The lowest BCUT2D eigenvalue weighted by atomic mass is 10.1. The Hall–Kier alpha value is -2.00. The van der Waals surface area contributed by atoms with Crippen molar-refractivity contribution in [1.82, 2.24) is 10.5 Å². The normalized spacial score (nSPS) is 12.4. The first-order valence-electron chi connectivity index (χ1n) is 9.29. The molecule has 1 aromatic heterocycles. The first-order valence-corrected chi connectivity index (χ1v) is 11.2. The van der Waals surface area contributed by atoms with Gasteiger partial charge in [0.2, 0.25) is 0 Å². The van der Waals surface area contributed by atoms with E-state index in [0.717, 1.165) is 6.07 Å². The van der Waals surface area contributed by atoms with E-state index in [9.17, 15) is 13.2 Å². The van der Waals surface area contributed by atoms with Gasteiger partial charge in [-0.2, -0.15) is 13.2 Å². The summed E-state index contributed by atoms with van der Waals surface area (Å²) in [6.07, 6.45) is -1.29. The summed E-state index contributed by atoms with van der Waals surface area (Å²) in [6.45, 7) is -0.00336. The van der Waals surface area contributed by atoms with Crippen LogP contribution in [-0.4, -0.2) is 11.2 Å².